The zero-order valence-electron chi connectivity index (χ0n) is 17.6. The Kier molecular flexibility index (Phi) is 6.00. The van der Waals surface area contributed by atoms with Crippen LogP contribution in [0.5, 0.6) is 0 Å². The highest BCUT2D eigenvalue weighted by Crippen LogP contribution is 2.36. The summed E-state index contributed by atoms with van der Waals surface area (Å²) in [5.74, 6) is -2.08. The summed E-state index contributed by atoms with van der Waals surface area (Å²) in [5, 5.41) is 10.7. The summed E-state index contributed by atoms with van der Waals surface area (Å²) in [5.41, 5.74) is 2.85. The van der Waals surface area contributed by atoms with Crippen molar-refractivity contribution < 1.29 is 22.4 Å². The fraction of sp³-hybridized carbons (Fsp3) is 0.381. The van der Waals surface area contributed by atoms with Gasteiger partial charge < -0.3 is 15.2 Å². The predicted octanol–water partition coefficient (Wildman–Crippen LogP) is 3.20. The van der Waals surface area contributed by atoms with Crippen LogP contribution in [-0.2, 0) is 6.18 Å². The average Bonchev–Trinajstić information content (AvgIpc) is 3.32. The summed E-state index contributed by atoms with van der Waals surface area (Å²) in [7, 11) is 0. The molecular weight excluding hydrogens is 442 g/mol. The number of carbonyl (C=O) groups is 1. The van der Waals surface area contributed by atoms with E-state index in [2.05, 4.69) is 20.5 Å². The fourth-order valence-electron chi connectivity index (χ4n) is 4.32. The van der Waals surface area contributed by atoms with Gasteiger partial charge in [-0.15, -0.1) is 0 Å². The largest absolute Gasteiger partial charge is 0.451 e. The number of halogens is 4. The second-order valence-electron chi connectivity index (χ2n) is 8.04. The molecule has 0 radical (unpaired) electrons. The van der Waals surface area contributed by atoms with Crippen molar-refractivity contribution in [2.75, 3.05) is 36.5 Å². The van der Waals surface area contributed by atoms with Gasteiger partial charge in [0.2, 0.25) is 5.82 Å². The highest BCUT2D eigenvalue weighted by molar-refractivity contribution is 6.14. The molecule has 4 rings (SSSR count). The van der Waals surface area contributed by atoms with Gasteiger partial charge >= 0.3 is 6.18 Å². The van der Waals surface area contributed by atoms with Crippen molar-refractivity contribution in [2.45, 2.75) is 13.1 Å². The van der Waals surface area contributed by atoms with Crippen LogP contribution < -0.4 is 10.3 Å². The van der Waals surface area contributed by atoms with Crippen LogP contribution in [0.15, 0.2) is 29.4 Å². The Morgan fingerprint density at radius 2 is 1.91 bits per heavy atom. The van der Waals surface area contributed by atoms with Gasteiger partial charge in [0.1, 0.15) is 17.2 Å². The van der Waals surface area contributed by atoms with Crippen LogP contribution in [0.25, 0.3) is 0 Å². The summed E-state index contributed by atoms with van der Waals surface area (Å²) in [4.78, 5) is 23.6. The van der Waals surface area contributed by atoms with E-state index in [-0.39, 0.29) is 34.6 Å². The van der Waals surface area contributed by atoms with Gasteiger partial charge in [0.25, 0.3) is 5.91 Å². The Balaban J connectivity index is 1.48. The van der Waals surface area contributed by atoms with Gasteiger partial charge in [0.05, 0.1) is 11.9 Å². The number of hydrogen-bond donors (Lipinski definition) is 2. The molecule has 174 valence electrons. The second-order valence-corrected chi connectivity index (χ2v) is 8.04. The Morgan fingerprint density at radius 1 is 1.21 bits per heavy atom. The lowest BCUT2D eigenvalue weighted by Gasteiger charge is -2.24. The Morgan fingerprint density at radius 3 is 2.55 bits per heavy atom. The molecule has 33 heavy (non-hydrogen) atoms. The summed E-state index contributed by atoms with van der Waals surface area (Å²) in [6.45, 7) is 3.08. The smallest absolute Gasteiger partial charge is 0.356 e. The molecule has 2 fully saturated rings. The Hall–Kier alpha value is -3.57. The summed E-state index contributed by atoms with van der Waals surface area (Å²) in [6, 6.07) is 5.67. The minimum Gasteiger partial charge on any atom is -0.356 e. The van der Waals surface area contributed by atoms with Gasteiger partial charge in [-0.25, -0.2) is 14.4 Å². The van der Waals surface area contributed by atoms with E-state index in [4.69, 9.17) is 5.41 Å². The number of nitrogens with one attached hydrogen (secondary N) is 2. The number of likely N-dealkylation sites (tertiary alicyclic amines) is 1. The molecule has 8 nitrogen and oxygen atoms in total. The van der Waals surface area contributed by atoms with Gasteiger partial charge in [0, 0.05) is 56.0 Å². The van der Waals surface area contributed by atoms with Crippen molar-refractivity contribution in [3.05, 3.63) is 47.2 Å². The number of carbonyl (C=O) groups excluding carboxylic acids is 1. The molecule has 0 aliphatic carbocycles. The lowest BCUT2D eigenvalue weighted by Crippen LogP contribution is -2.34. The van der Waals surface area contributed by atoms with Gasteiger partial charge in [-0.2, -0.15) is 18.3 Å². The number of aromatic nitrogens is 2. The van der Waals surface area contributed by atoms with Gasteiger partial charge in [0.15, 0.2) is 0 Å². The highest BCUT2D eigenvalue weighted by Gasteiger charge is 2.43. The molecule has 2 aliphatic rings. The summed E-state index contributed by atoms with van der Waals surface area (Å²) < 4.78 is 53.8. The minimum absolute atomic E-state index is 0.0256. The lowest BCUT2D eigenvalue weighted by atomic mass is 10.0. The SMILES string of the molecule is Cc1cc(N2CC3CN(C(=O)c4c(F)cccc4N/N=C\C=N)CC3C2)nc(C(F)(F)F)n1. The first-order valence-corrected chi connectivity index (χ1v) is 10.2. The second kappa shape index (κ2) is 8.75. The number of anilines is 2. The van der Waals surface area contributed by atoms with E-state index in [1.54, 1.807) is 9.80 Å². The minimum atomic E-state index is -4.63. The molecule has 1 aromatic heterocycles. The van der Waals surface area contributed by atoms with Crippen LogP contribution in [-0.4, -0.2) is 59.4 Å². The predicted molar refractivity (Wildman–Crippen MR) is 114 cm³/mol. The zero-order valence-corrected chi connectivity index (χ0v) is 17.6. The van der Waals surface area contributed by atoms with E-state index < -0.39 is 23.7 Å². The zero-order chi connectivity index (χ0) is 23.8. The Labute approximate surface area is 186 Å². The molecule has 2 saturated heterocycles. The van der Waals surface area contributed by atoms with Gasteiger partial charge in [-0.3, -0.25) is 10.2 Å². The average molecular weight is 463 g/mol. The topological polar surface area (TPSA) is 97.6 Å². The first-order valence-electron chi connectivity index (χ1n) is 10.2. The third-order valence-electron chi connectivity index (χ3n) is 5.75. The maximum absolute atomic E-state index is 14.5. The van der Waals surface area contributed by atoms with Crippen LogP contribution in [0.2, 0.25) is 0 Å². The number of rotatable bonds is 5. The van der Waals surface area contributed by atoms with E-state index in [9.17, 15) is 22.4 Å². The molecular formula is C21H21F4N7O. The monoisotopic (exact) mass is 463 g/mol. The third kappa shape index (κ3) is 4.64. The standard InChI is InChI=1S/C21H21F4N7O/c1-12-7-17(29-20(28-12)21(23,24)25)31-8-13-10-32(11-14(13)9-31)19(33)18-15(22)3-2-4-16(18)30-27-6-5-26/h2-7,13-14,26,30H,8-11H2,1H3/b26-5?,27-6-. The molecule has 2 atom stereocenters. The first-order chi connectivity index (χ1) is 15.7. The number of benzene rings is 1. The summed E-state index contributed by atoms with van der Waals surface area (Å²) >= 11 is 0. The molecule has 2 aliphatic heterocycles. The molecule has 12 heteroatoms. The van der Waals surface area contributed by atoms with Crippen molar-refractivity contribution in [1.29, 1.82) is 5.41 Å². The number of hydrazone groups is 1. The quantitative estimate of drug-likeness (QED) is 0.403. The number of nitrogens with zero attached hydrogens (tertiary/aromatic N) is 5. The number of amides is 1. The Bertz CT molecular complexity index is 1090. The number of fused-ring (bicyclic) bond motifs is 1. The van der Waals surface area contributed by atoms with Crippen LogP contribution in [0.1, 0.15) is 21.9 Å². The lowest BCUT2D eigenvalue weighted by molar-refractivity contribution is -0.145. The van der Waals surface area contributed by atoms with Crippen molar-refractivity contribution in [1.82, 2.24) is 14.9 Å². The van der Waals surface area contributed by atoms with Crippen molar-refractivity contribution in [2.24, 2.45) is 16.9 Å². The normalized spacial score (nSPS) is 20.4. The van der Waals surface area contributed by atoms with Gasteiger partial charge in [-0.1, -0.05) is 6.07 Å². The number of hydrogen-bond acceptors (Lipinski definition) is 7. The number of aryl methyl sites for hydroxylation is 1. The van der Waals surface area contributed by atoms with Crippen LogP contribution in [0, 0.1) is 30.0 Å². The summed E-state index contributed by atoms with van der Waals surface area (Å²) in [6.07, 6.45) is -2.53. The molecule has 1 aromatic carbocycles. The molecule has 0 bridgehead atoms. The molecule has 1 amide bonds. The van der Waals surface area contributed by atoms with E-state index in [0.717, 1.165) is 12.4 Å². The molecule has 2 N–H and O–H groups in total. The van der Waals surface area contributed by atoms with E-state index >= 15 is 0 Å². The molecule has 3 heterocycles. The molecule has 2 aromatic rings. The van der Waals surface area contributed by atoms with Crippen LogP contribution in [0.4, 0.5) is 29.1 Å². The fourth-order valence-corrected chi connectivity index (χ4v) is 4.32. The van der Waals surface area contributed by atoms with Gasteiger partial charge in [-0.05, 0) is 19.1 Å². The van der Waals surface area contributed by atoms with Crippen molar-refractivity contribution >= 4 is 29.8 Å². The van der Waals surface area contributed by atoms with E-state index in [0.29, 0.717) is 26.2 Å². The first kappa shape index (κ1) is 22.6. The molecule has 0 saturated carbocycles. The van der Waals surface area contributed by atoms with E-state index in [1.807, 2.05) is 0 Å². The van der Waals surface area contributed by atoms with Crippen LogP contribution >= 0.6 is 0 Å². The highest BCUT2D eigenvalue weighted by atomic mass is 19.4. The molecule has 0 spiro atoms. The van der Waals surface area contributed by atoms with Crippen molar-refractivity contribution in [3.8, 4) is 0 Å². The third-order valence-corrected chi connectivity index (χ3v) is 5.75. The maximum atomic E-state index is 14.5. The number of alkyl halides is 3. The maximum Gasteiger partial charge on any atom is 0.451 e. The van der Waals surface area contributed by atoms with Crippen LogP contribution in [0.3, 0.4) is 0 Å². The van der Waals surface area contributed by atoms with E-state index in [1.165, 1.54) is 31.2 Å². The molecule has 2 unspecified atom stereocenters. The van der Waals surface area contributed by atoms with Crippen molar-refractivity contribution in [3.63, 3.8) is 0 Å².